The van der Waals surface area contributed by atoms with E-state index in [2.05, 4.69) is 32.0 Å². The quantitative estimate of drug-likeness (QED) is 0.841. The molecule has 1 aromatic carbocycles. The van der Waals surface area contributed by atoms with E-state index >= 15 is 0 Å². The van der Waals surface area contributed by atoms with Gasteiger partial charge >= 0.3 is 0 Å². The highest BCUT2D eigenvalue weighted by Gasteiger charge is 2.11. The molecule has 0 heterocycles. The molecule has 0 bridgehead atoms. The molecule has 0 amide bonds. The molecular formula is C14H21NO. The lowest BCUT2D eigenvalue weighted by Crippen LogP contribution is -2.20. The van der Waals surface area contributed by atoms with Crippen molar-refractivity contribution in [3.63, 3.8) is 0 Å². The first-order valence-corrected chi connectivity index (χ1v) is 5.65. The van der Waals surface area contributed by atoms with Gasteiger partial charge in [-0.05, 0) is 50.2 Å². The smallest absolute Gasteiger partial charge is 0.116 e. The van der Waals surface area contributed by atoms with Gasteiger partial charge < -0.3 is 10.0 Å². The Labute approximate surface area is 98.2 Å². The number of aromatic hydroxyl groups is 1. The SMILES string of the molecule is C/C=C(\c1cccc(O)c1)C(C)CN(C)C. The van der Waals surface area contributed by atoms with Crippen LogP contribution in [0, 0.1) is 5.92 Å². The standard InChI is InChI=1S/C14H21NO/c1-5-14(11(2)10-15(3)4)12-7-6-8-13(16)9-12/h5-9,11,16H,10H2,1-4H3/b14-5-. The van der Waals surface area contributed by atoms with E-state index in [4.69, 9.17) is 0 Å². The fraction of sp³-hybridized carbons (Fsp3) is 0.429. The maximum Gasteiger partial charge on any atom is 0.116 e. The van der Waals surface area contributed by atoms with Gasteiger partial charge in [-0.1, -0.05) is 25.1 Å². The van der Waals surface area contributed by atoms with Gasteiger partial charge in [-0.15, -0.1) is 0 Å². The van der Waals surface area contributed by atoms with Crippen molar-refractivity contribution in [3.05, 3.63) is 35.9 Å². The van der Waals surface area contributed by atoms with E-state index in [0.717, 1.165) is 12.1 Å². The van der Waals surface area contributed by atoms with Crippen molar-refractivity contribution in [1.29, 1.82) is 0 Å². The predicted molar refractivity (Wildman–Crippen MR) is 69.5 cm³/mol. The fourth-order valence-corrected chi connectivity index (χ4v) is 2.07. The molecule has 0 saturated heterocycles. The third-order valence-electron chi connectivity index (χ3n) is 2.66. The minimum atomic E-state index is 0.328. The van der Waals surface area contributed by atoms with Gasteiger partial charge in [-0.25, -0.2) is 0 Å². The summed E-state index contributed by atoms with van der Waals surface area (Å²) in [5.74, 6) is 0.788. The number of nitrogens with zero attached hydrogens (tertiary/aromatic N) is 1. The minimum Gasteiger partial charge on any atom is -0.508 e. The van der Waals surface area contributed by atoms with Crippen LogP contribution in [0.15, 0.2) is 30.3 Å². The van der Waals surface area contributed by atoms with Crippen molar-refractivity contribution in [2.24, 2.45) is 5.92 Å². The van der Waals surface area contributed by atoms with Gasteiger partial charge in [0.15, 0.2) is 0 Å². The Morgan fingerprint density at radius 2 is 2.12 bits per heavy atom. The van der Waals surface area contributed by atoms with Gasteiger partial charge in [0.2, 0.25) is 0 Å². The van der Waals surface area contributed by atoms with Crippen molar-refractivity contribution in [1.82, 2.24) is 4.90 Å². The maximum absolute atomic E-state index is 9.48. The lowest BCUT2D eigenvalue weighted by Gasteiger charge is -2.20. The summed E-state index contributed by atoms with van der Waals surface area (Å²) in [5, 5.41) is 9.48. The molecule has 1 aromatic rings. The molecular weight excluding hydrogens is 198 g/mol. The Morgan fingerprint density at radius 1 is 1.44 bits per heavy atom. The Morgan fingerprint density at radius 3 is 2.62 bits per heavy atom. The zero-order chi connectivity index (χ0) is 12.1. The first kappa shape index (κ1) is 12.8. The summed E-state index contributed by atoms with van der Waals surface area (Å²) in [4.78, 5) is 2.18. The molecule has 88 valence electrons. The number of benzene rings is 1. The molecule has 16 heavy (non-hydrogen) atoms. The van der Waals surface area contributed by atoms with E-state index in [0.29, 0.717) is 11.7 Å². The van der Waals surface area contributed by atoms with Crippen LogP contribution >= 0.6 is 0 Å². The molecule has 2 heteroatoms. The van der Waals surface area contributed by atoms with Crippen LogP contribution < -0.4 is 0 Å². The number of allylic oxidation sites excluding steroid dienone is 1. The summed E-state index contributed by atoms with van der Waals surface area (Å²) in [6.45, 7) is 5.26. The molecule has 0 aliphatic carbocycles. The molecule has 0 aliphatic heterocycles. The Kier molecular flexibility index (Phi) is 4.56. The molecule has 0 radical (unpaired) electrons. The second-order valence-corrected chi connectivity index (χ2v) is 4.46. The van der Waals surface area contributed by atoms with Gasteiger partial charge in [-0.2, -0.15) is 0 Å². The van der Waals surface area contributed by atoms with E-state index < -0.39 is 0 Å². The van der Waals surface area contributed by atoms with Crippen molar-refractivity contribution in [2.75, 3.05) is 20.6 Å². The lowest BCUT2D eigenvalue weighted by atomic mass is 9.93. The summed E-state index contributed by atoms with van der Waals surface area (Å²) in [6.07, 6.45) is 2.13. The van der Waals surface area contributed by atoms with Gasteiger partial charge in [-0.3, -0.25) is 0 Å². The van der Waals surface area contributed by atoms with Crippen LogP contribution in [0.4, 0.5) is 0 Å². The molecule has 1 N–H and O–H groups in total. The molecule has 0 saturated carbocycles. The second kappa shape index (κ2) is 5.71. The maximum atomic E-state index is 9.48. The highest BCUT2D eigenvalue weighted by molar-refractivity contribution is 5.68. The Balaban J connectivity index is 2.91. The average molecular weight is 219 g/mol. The van der Waals surface area contributed by atoms with E-state index in [1.54, 1.807) is 6.07 Å². The van der Waals surface area contributed by atoms with Gasteiger partial charge in [0.25, 0.3) is 0 Å². The number of phenolic OH excluding ortho intramolecular Hbond substituents is 1. The molecule has 1 unspecified atom stereocenters. The van der Waals surface area contributed by atoms with Crippen molar-refractivity contribution in [2.45, 2.75) is 13.8 Å². The molecule has 2 nitrogen and oxygen atoms in total. The summed E-state index contributed by atoms with van der Waals surface area (Å²) >= 11 is 0. The van der Waals surface area contributed by atoms with E-state index in [9.17, 15) is 5.11 Å². The minimum absolute atomic E-state index is 0.328. The first-order chi connectivity index (χ1) is 7.54. The summed E-state index contributed by atoms with van der Waals surface area (Å²) < 4.78 is 0. The van der Waals surface area contributed by atoms with Crippen LogP contribution in [0.25, 0.3) is 5.57 Å². The third-order valence-corrected chi connectivity index (χ3v) is 2.66. The number of hydrogen-bond donors (Lipinski definition) is 1. The summed E-state index contributed by atoms with van der Waals surface area (Å²) in [6, 6.07) is 7.45. The van der Waals surface area contributed by atoms with Crippen LogP contribution in [0.3, 0.4) is 0 Å². The number of hydrogen-bond acceptors (Lipinski definition) is 2. The second-order valence-electron chi connectivity index (χ2n) is 4.46. The summed E-state index contributed by atoms with van der Waals surface area (Å²) in [5.41, 5.74) is 2.39. The number of phenols is 1. The van der Waals surface area contributed by atoms with Crippen molar-refractivity contribution >= 4 is 5.57 Å². The van der Waals surface area contributed by atoms with Crippen LogP contribution in [0.2, 0.25) is 0 Å². The normalized spacial score (nSPS) is 14.2. The predicted octanol–water partition coefficient (Wildman–Crippen LogP) is 2.99. The van der Waals surface area contributed by atoms with E-state index in [1.807, 2.05) is 25.1 Å². The zero-order valence-electron chi connectivity index (χ0n) is 10.6. The lowest BCUT2D eigenvalue weighted by molar-refractivity contribution is 0.376. The highest BCUT2D eigenvalue weighted by Crippen LogP contribution is 2.26. The van der Waals surface area contributed by atoms with E-state index in [1.165, 1.54) is 5.57 Å². The topological polar surface area (TPSA) is 23.5 Å². The van der Waals surface area contributed by atoms with Crippen LogP contribution in [-0.2, 0) is 0 Å². The van der Waals surface area contributed by atoms with Crippen LogP contribution in [0.1, 0.15) is 19.4 Å². The fourth-order valence-electron chi connectivity index (χ4n) is 2.07. The highest BCUT2D eigenvalue weighted by atomic mass is 16.3. The molecule has 1 rings (SSSR count). The first-order valence-electron chi connectivity index (χ1n) is 5.65. The van der Waals surface area contributed by atoms with E-state index in [-0.39, 0.29) is 0 Å². The summed E-state index contributed by atoms with van der Waals surface area (Å²) in [7, 11) is 4.15. The molecule has 0 aromatic heterocycles. The molecule has 0 spiro atoms. The Bertz CT molecular complexity index is 369. The monoisotopic (exact) mass is 219 g/mol. The molecule has 1 atom stereocenters. The Hall–Kier alpha value is -1.28. The van der Waals surface area contributed by atoms with Gasteiger partial charge in [0.05, 0.1) is 0 Å². The molecule has 0 aliphatic rings. The number of rotatable bonds is 4. The average Bonchev–Trinajstić information content (AvgIpc) is 2.17. The largest absolute Gasteiger partial charge is 0.508 e. The van der Waals surface area contributed by atoms with Gasteiger partial charge in [0.1, 0.15) is 5.75 Å². The molecule has 0 fully saturated rings. The van der Waals surface area contributed by atoms with Gasteiger partial charge in [0, 0.05) is 6.54 Å². The van der Waals surface area contributed by atoms with Crippen LogP contribution in [-0.4, -0.2) is 30.6 Å². The van der Waals surface area contributed by atoms with Crippen molar-refractivity contribution < 1.29 is 5.11 Å². The van der Waals surface area contributed by atoms with Crippen LogP contribution in [0.5, 0.6) is 5.75 Å². The van der Waals surface area contributed by atoms with Crippen molar-refractivity contribution in [3.8, 4) is 5.75 Å². The third kappa shape index (κ3) is 3.38. The zero-order valence-corrected chi connectivity index (χ0v) is 10.6.